The number of rotatable bonds is 10. The van der Waals surface area contributed by atoms with Gasteiger partial charge >= 0.3 is 11.9 Å². The summed E-state index contributed by atoms with van der Waals surface area (Å²) in [7, 11) is 0. The van der Waals surface area contributed by atoms with Crippen molar-refractivity contribution in [2.45, 2.75) is 49.6 Å². The number of aliphatic carboxylic acids is 2. The number of carboxylic acid groups (broad SMARTS) is 2. The van der Waals surface area contributed by atoms with Gasteiger partial charge in [-0.2, -0.15) is 0 Å². The number of hydrogen-bond donors (Lipinski definition) is 5. The molecule has 2 fully saturated rings. The monoisotopic (exact) mass is 538 g/mol. The highest BCUT2D eigenvalue weighted by molar-refractivity contribution is 8.00. The van der Waals surface area contributed by atoms with Gasteiger partial charge < -0.3 is 31.4 Å². The fraction of sp³-hybridized carbons (Fsp3) is 0.524. The molecule has 0 radical (unpaired) electrons. The fourth-order valence-corrected chi connectivity index (χ4v) is 6.22. The molecule has 0 bridgehead atoms. The lowest BCUT2D eigenvalue weighted by Crippen LogP contribution is -2.71. The van der Waals surface area contributed by atoms with Crippen LogP contribution in [0.3, 0.4) is 0 Å². The molecule has 194 valence electrons. The second-order valence-corrected chi connectivity index (χ2v) is 10.5. The molecule has 13 nitrogen and oxygen atoms in total. The van der Waals surface area contributed by atoms with Crippen LogP contribution in [0.5, 0.6) is 0 Å². The first kappa shape index (κ1) is 25.9. The summed E-state index contributed by atoms with van der Waals surface area (Å²) in [5, 5.41) is 29.9. The highest BCUT2D eigenvalue weighted by Gasteiger charge is 2.54. The molecule has 2 aliphatic heterocycles. The number of nitrogens with two attached hydrogens (primary N) is 1. The predicted molar refractivity (Wildman–Crippen MR) is 131 cm³/mol. The molecule has 0 aromatic carbocycles. The van der Waals surface area contributed by atoms with E-state index in [0.717, 1.165) is 11.3 Å². The van der Waals surface area contributed by atoms with Crippen LogP contribution in [0.2, 0.25) is 0 Å². The van der Waals surface area contributed by atoms with Crippen molar-refractivity contribution in [3.63, 3.8) is 0 Å². The van der Waals surface area contributed by atoms with Crippen molar-refractivity contribution in [1.82, 2.24) is 20.5 Å². The van der Waals surface area contributed by atoms with Crippen LogP contribution in [-0.4, -0.2) is 85.4 Å². The van der Waals surface area contributed by atoms with E-state index >= 15 is 0 Å². The maximum absolute atomic E-state index is 13.2. The number of hydrogen-bond acceptors (Lipinski definition) is 11. The Morgan fingerprint density at radius 3 is 2.64 bits per heavy atom. The number of carbonyl (C=O) groups is 4. The van der Waals surface area contributed by atoms with Gasteiger partial charge in [-0.15, -0.1) is 23.1 Å². The number of anilines is 1. The number of likely N-dealkylation sites (N-methyl/N-ethyl adjacent to an activating group) is 1. The van der Waals surface area contributed by atoms with Crippen molar-refractivity contribution in [3.05, 3.63) is 22.3 Å². The smallest absolute Gasteiger partial charge is 0.352 e. The Morgan fingerprint density at radius 1 is 1.33 bits per heavy atom. The van der Waals surface area contributed by atoms with Gasteiger partial charge in [0.2, 0.25) is 5.60 Å². The zero-order valence-corrected chi connectivity index (χ0v) is 21.0. The molecule has 4 rings (SSSR count). The molecule has 1 unspecified atom stereocenters. The number of thioether (sulfide) groups is 1. The summed E-state index contributed by atoms with van der Waals surface area (Å²) >= 11 is 2.40. The number of nitrogens with one attached hydrogen (secondary N) is 2. The van der Waals surface area contributed by atoms with E-state index in [2.05, 4.69) is 20.8 Å². The minimum atomic E-state index is -1.54. The van der Waals surface area contributed by atoms with Crippen molar-refractivity contribution in [2.75, 3.05) is 24.6 Å². The second-order valence-electron chi connectivity index (χ2n) is 8.51. The Labute approximate surface area is 214 Å². The highest BCUT2D eigenvalue weighted by Crippen LogP contribution is 2.40. The zero-order chi connectivity index (χ0) is 26.0. The molecule has 6 N–H and O–H groups in total. The van der Waals surface area contributed by atoms with Gasteiger partial charge in [-0.25, -0.2) is 14.6 Å². The number of amides is 2. The van der Waals surface area contributed by atoms with E-state index in [1.165, 1.54) is 22.0 Å². The number of carbonyl (C=O) groups excluding carboxylic acids is 2. The van der Waals surface area contributed by atoms with Gasteiger partial charge in [0.25, 0.3) is 11.8 Å². The summed E-state index contributed by atoms with van der Waals surface area (Å²) in [6, 6.07) is -1.00. The van der Waals surface area contributed by atoms with Crippen LogP contribution in [0.4, 0.5) is 5.13 Å². The molecule has 1 saturated heterocycles. The topological polar surface area (TPSA) is 197 Å². The number of nitrogens with zero attached hydrogens (tertiary/aromatic N) is 3. The van der Waals surface area contributed by atoms with Gasteiger partial charge in [0, 0.05) is 30.5 Å². The second kappa shape index (κ2) is 10.4. The quantitative estimate of drug-likeness (QED) is 0.155. The molecule has 3 heterocycles. The van der Waals surface area contributed by atoms with Crippen molar-refractivity contribution >= 4 is 57.7 Å². The van der Waals surface area contributed by atoms with Crippen LogP contribution in [0.25, 0.3) is 0 Å². The molecular weight excluding hydrogens is 512 g/mol. The standard InChI is InChI=1S/C21H26N6O7S2/c1-2-23-7-10-8-35-17-13(16(29)27(17)14(10)18(30)31)25-15(28)12(11-9-36-20(22)24-11)26-34-21(19(32)33)5-3-4-6-21/h9,13,17,23H,2-8H2,1H3,(H2,22,24)(H,25,28)(H,30,31)(H,32,33)/b26-12-/t13?,17-/m0/s1. The molecule has 3 aliphatic rings. The Bertz CT molecular complexity index is 1140. The average molecular weight is 539 g/mol. The molecule has 1 aliphatic carbocycles. The zero-order valence-electron chi connectivity index (χ0n) is 19.4. The first-order valence-corrected chi connectivity index (χ1v) is 13.2. The molecular formula is C21H26N6O7S2. The van der Waals surface area contributed by atoms with Gasteiger partial charge in [0.15, 0.2) is 10.8 Å². The van der Waals surface area contributed by atoms with Gasteiger partial charge in [-0.1, -0.05) is 12.1 Å². The molecule has 2 atom stereocenters. The molecule has 1 saturated carbocycles. The van der Waals surface area contributed by atoms with Crippen LogP contribution < -0.4 is 16.4 Å². The maximum atomic E-state index is 13.2. The lowest BCUT2D eigenvalue weighted by atomic mass is 10.0. The van der Waals surface area contributed by atoms with Crippen molar-refractivity contribution in [3.8, 4) is 0 Å². The number of β-lactam (4-membered cyclic amide) rings is 1. The van der Waals surface area contributed by atoms with Gasteiger partial charge in [-0.3, -0.25) is 14.5 Å². The maximum Gasteiger partial charge on any atom is 0.352 e. The Hall–Kier alpha value is -3.17. The van der Waals surface area contributed by atoms with E-state index in [1.54, 1.807) is 0 Å². The van der Waals surface area contributed by atoms with E-state index in [4.69, 9.17) is 10.6 Å². The normalized spacial score (nSPS) is 23.2. The number of carboxylic acids is 2. The van der Waals surface area contributed by atoms with Crippen LogP contribution in [0.15, 0.2) is 21.8 Å². The summed E-state index contributed by atoms with van der Waals surface area (Å²) in [6.45, 7) is 2.87. The largest absolute Gasteiger partial charge is 0.478 e. The minimum Gasteiger partial charge on any atom is -0.478 e. The summed E-state index contributed by atoms with van der Waals surface area (Å²) in [5.74, 6) is -3.38. The van der Waals surface area contributed by atoms with Crippen LogP contribution in [-0.2, 0) is 24.0 Å². The van der Waals surface area contributed by atoms with E-state index in [0.29, 0.717) is 37.3 Å². The first-order chi connectivity index (χ1) is 17.2. The third-order valence-corrected chi connectivity index (χ3v) is 8.23. The number of fused-ring (bicyclic) bond motifs is 1. The lowest BCUT2D eigenvalue weighted by Gasteiger charge is -2.49. The van der Waals surface area contributed by atoms with Gasteiger partial charge in [-0.05, 0) is 25.0 Å². The average Bonchev–Trinajstić information content (AvgIpc) is 3.50. The van der Waals surface area contributed by atoms with E-state index in [1.807, 2.05) is 6.92 Å². The van der Waals surface area contributed by atoms with E-state index in [9.17, 15) is 29.4 Å². The van der Waals surface area contributed by atoms with E-state index < -0.39 is 40.8 Å². The van der Waals surface area contributed by atoms with Crippen LogP contribution >= 0.6 is 23.1 Å². The molecule has 1 aromatic heterocycles. The van der Waals surface area contributed by atoms with Crippen LogP contribution in [0.1, 0.15) is 38.3 Å². The summed E-state index contributed by atoms with van der Waals surface area (Å²) < 4.78 is 0. The molecule has 0 spiro atoms. The predicted octanol–water partition coefficient (Wildman–Crippen LogP) is 0.192. The summed E-state index contributed by atoms with van der Waals surface area (Å²) in [6.07, 6.45) is 1.78. The first-order valence-electron chi connectivity index (χ1n) is 11.3. The number of oxime groups is 1. The molecule has 36 heavy (non-hydrogen) atoms. The Kier molecular flexibility index (Phi) is 7.51. The minimum absolute atomic E-state index is 0.0764. The lowest BCUT2D eigenvalue weighted by molar-refractivity contribution is -0.165. The fourth-order valence-electron chi connectivity index (χ4n) is 4.33. The summed E-state index contributed by atoms with van der Waals surface area (Å²) in [5.41, 5.74) is 4.43. The number of thiazole rings is 1. The van der Waals surface area contributed by atoms with Crippen molar-refractivity contribution in [1.29, 1.82) is 0 Å². The highest BCUT2D eigenvalue weighted by atomic mass is 32.2. The third-order valence-electron chi connectivity index (χ3n) is 6.22. The van der Waals surface area contributed by atoms with Crippen molar-refractivity contribution < 1.29 is 34.2 Å². The molecule has 2 amide bonds. The Morgan fingerprint density at radius 2 is 2.06 bits per heavy atom. The molecule has 15 heteroatoms. The molecule has 1 aromatic rings. The summed E-state index contributed by atoms with van der Waals surface area (Å²) in [4.78, 5) is 60.5. The van der Waals surface area contributed by atoms with Crippen molar-refractivity contribution in [2.24, 2.45) is 5.16 Å². The third kappa shape index (κ3) is 4.77. The van der Waals surface area contributed by atoms with Gasteiger partial charge in [0.1, 0.15) is 22.8 Å². The number of aromatic nitrogens is 1. The number of nitrogen functional groups attached to an aromatic ring is 1. The SMILES string of the molecule is CCNCC1=C(C(=O)O)N2C(=O)C(NC(=O)/C(=N\OC3(C(=O)O)CCCC3)c3csc(N)n3)[C@@H]2SC1. The Balaban J connectivity index is 1.55. The van der Waals surface area contributed by atoms with E-state index in [-0.39, 0.29) is 35.1 Å². The van der Waals surface area contributed by atoms with Crippen LogP contribution in [0, 0.1) is 0 Å². The van der Waals surface area contributed by atoms with Gasteiger partial charge in [0.05, 0.1) is 0 Å².